The van der Waals surface area contributed by atoms with Crippen LogP contribution < -0.4 is 10.6 Å². The SMILES string of the molecule is CCCNc1ncc([N+](=O)[O-])cc1C(=O)NC1CC1(C)C. The first kappa shape index (κ1) is 15.2. The van der Waals surface area contributed by atoms with Gasteiger partial charge in [-0.3, -0.25) is 14.9 Å². The number of aromatic nitrogens is 1. The summed E-state index contributed by atoms with van der Waals surface area (Å²) in [7, 11) is 0. The van der Waals surface area contributed by atoms with Crippen LogP contribution in [-0.4, -0.2) is 28.4 Å². The van der Waals surface area contributed by atoms with Gasteiger partial charge in [0.1, 0.15) is 12.0 Å². The molecule has 1 heterocycles. The number of nitrogens with one attached hydrogen (secondary N) is 2. The minimum Gasteiger partial charge on any atom is -0.369 e. The number of anilines is 1. The van der Waals surface area contributed by atoms with Crippen molar-refractivity contribution in [3.63, 3.8) is 0 Å². The summed E-state index contributed by atoms with van der Waals surface area (Å²) in [5.41, 5.74) is 0.137. The van der Waals surface area contributed by atoms with E-state index < -0.39 is 4.92 Å². The summed E-state index contributed by atoms with van der Waals surface area (Å²) in [6.45, 7) is 6.78. The first-order valence-electron chi connectivity index (χ1n) is 7.04. The second kappa shape index (κ2) is 5.67. The Morgan fingerprint density at radius 2 is 2.24 bits per heavy atom. The zero-order valence-corrected chi connectivity index (χ0v) is 12.5. The number of hydrogen-bond donors (Lipinski definition) is 2. The first-order valence-corrected chi connectivity index (χ1v) is 7.04. The normalized spacial score (nSPS) is 18.9. The van der Waals surface area contributed by atoms with Crippen LogP contribution in [0.2, 0.25) is 0 Å². The molecule has 1 aliphatic carbocycles. The Labute approximate surface area is 123 Å². The van der Waals surface area contributed by atoms with Crippen molar-refractivity contribution in [3.8, 4) is 0 Å². The number of hydrogen-bond acceptors (Lipinski definition) is 5. The van der Waals surface area contributed by atoms with Crippen LogP contribution in [0, 0.1) is 15.5 Å². The van der Waals surface area contributed by atoms with Crippen molar-refractivity contribution >= 4 is 17.4 Å². The molecule has 2 rings (SSSR count). The van der Waals surface area contributed by atoms with Crippen LogP contribution in [0.3, 0.4) is 0 Å². The number of carbonyl (C=O) groups excluding carboxylic acids is 1. The number of amides is 1. The number of rotatable bonds is 6. The zero-order valence-electron chi connectivity index (χ0n) is 12.5. The fourth-order valence-electron chi connectivity index (χ4n) is 2.06. The summed E-state index contributed by atoms with van der Waals surface area (Å²) in [6, 6.07) is 1.39. The van der Waals surface area contributed by atoms with Gasteiger partial charge in [-0.1, -0.05) is 20.8 Å². The van der Waals surface area contributed by atoms with Crippen LogP contribution in [0.25, 0.3) is 0 Å². The van der Waals surface area contributed by atoms with Gasteiger partial charge in [0.25, 0.3) is 11.6 Å². The molecule has 0 aromatic carbocycles. The van der Waals surface area contributed by atoms with Crippen molar-refractivity contribution in [3.05, 3.63) is 27.9 Å². The van der Waals surface area contributed by atoms with E-state index in [2.05, 4.69) is 29.5 Å². The molecule has 1 unspecified atom stereocenters. The van der Waals surface area contributed by atoms with Gasteiger partial charge in [-0.05, 0) is 18.3 Å². The van der Waals surface area contributed by atoms with Crippen LogP contribution >= 0.6 is 0 Å². The second-order valence-electron chi connectivity index (χ2n) is 5.99. The van der Waals surface area contributed by atoms with Gasteiger partial charge in [0, 0.05) is 18.7 Å². The van der Waals surface area contributed by atoms with Gasteiger partial charge in [-0.25, -0.2) is 4.98 Å². The van der Waals surface area contributed by atoms with Gasteiger partial charge >= 0.3 is 0 Å². The van der Waals surface area contributed by atoms with Crippen molar-refractivity contribution in [2.45, 2.75) is 39.7 Å². The largest absolute Gasteiger partial charge is 0.369 e. The smallest absolute Gasteiger partial charge is 0.288 e. The number of carbonyl (C=O) groups is 1. The molecule has 0 saturated heterocycles. The van der Waals surface area contributed by atoms with Crippen LogP contribution in [0.1, 0.15) is 44.0 Å². The summed E-state index contributed by atoms with van der Waals surface area (Å²) in [6.07, 6.45) is 2.95. The van der Waals surface area contributed by atoms with E-state index in [0.29, 0.717) is 12.4 Å². The quantitative estimate of drug-likeness (QED) is 0.619. The lowest BCUT2D eigenvalue weighted by Crippen LogP contribution is -2.29. The first-order chi connectivity index (χ1) is 9.85. The third kappa shape index (κ3) is 3.48. The van der Waals surface area contributed by atoms with E-state index >= 15 is 0 Å². The van der Waals surface area contributed by atoms with Gasteiger partial charge in [0.15, 0.2) is 0 Å². The fourth-order valence-corrected chi connectivity index (χ4v) is 2.06. The molecule has 1 aliphatic rings. The van der Waals surface area contributed by atoms with E-state index in [9.17, 15) is 14.9 Å². The summed E-state index contributed by atoms with van der Waals surface area (Å²) in [5.74, 6) is 0.0683. The summed E-state index contributed by atoms with van der Waals surface area (Å²) >= 11 is 0. The second-order valence-corrected chi connectivity index (χ2v) is 5.99. The maximum Gasteiger partial charge on any atom is 0.288 e. The molecule has 1 aromatic heterocycles. The molecule has 1 saturated carbocycles. The molecule has 0 aliphatic heterocycles. The lowest BCUT2D eigenvalue weighted by Gasteiger charge is -2.11. The Balaban J connectivity index is 2.22. The summed E-state index contributed by atoms with van der Waals surface area (Å²) < 4.78 is 0. The van der Waals surface area contributed by atoms with E-state index in [1.807, 2.05) is 6.92 Å². The average molecular weight is 292 g/mol. The molecule has 7 nitrogen and oxygen atoms in total. The zero-order chi connectivity index (χ0) is 15.6. The van der Waals surface area contributed by atoms with E-state index in [0.717, 1.165) is 19.0 Å². The molecule has 114 valence electrons. The molecular weight excluding hydrogens is 272 g/mol. The molecule has 0 bridgehead atoms. The molecule has 7 heteroatoms. The van der Waals surface area contributed by atoms with E-state index in [1.54, 1.807) is 0 Å². The van der Waals surface area contributed by atoms with Gasteiger partial charge in [0.2, 0.25) is 0 Å². The third-order valence-electron chi connectivity index (χ3n) is 3.69. The number of pyridine rings is 1. The molecule has 1 amide bonds. The molecule has 0 spiro atoms. The standard InChI is InChI=1S/C14H20N4O3/c1-4-5-15-12-10(6-9(8-16-12)18(20)21)13(19)17-11-7-14(11,2)3/h6,8,11H,4-5,7H2,1-3H3,(H,15,16)(H,17,19). The van der Waals surface area contributed by atoms with E-state index in [1.165, 1.54) is 6.07 Å². The topological polar surface area (TPSA) is 97.2 Å². The number of nitro groups is 1. The lowest BCUT2D eigenvalue weighted by molar-refractivity contribution is -0.385. The van der Waals surface area contributed by atoms with Crippen LogP contribution in [0.4, 0.5) is 11.5 Å². The maximum absolute atomic E-state index is 12.3. The Morgan fingerprint density at radius 1 is 1.57 bits per heavy atom. The van der Waals surface area contributed by atoms with Gasteiger partial charge in [-0.15, -0.1) is 0 Å². The van der Waals surface area contributed by atoms with Crippen LogP contribution in [-0.2, 0) is 0 Å². The van der Waals surface area contributed by atoms with E-state index in [-0.39, 0.29) is 28.6 Å². The Hall–Kier alpha value is -2.18. The molecular formula is C14H20N4O3. The fraction of sp³-hybridized carbons (Fsp3) is 0.571. The minimum absolute atomic E-state index is 0.0980. The minimum atomic E-state index is -0.547. The van der Waals surface area contributed by atoms with Crippen molar-refractivity contribution in [2.75, 3.05) is 11.9 Å². The number of nitrogens with zero attached hydrogens (tertiary/aromatic N) is 2. The molecule has 1 atom stereocenters. The summed E-state index contributed by atoms with van der Waals surface area (Å²) in [4.78, 5) is 26.6. The molecule has 21 heavy (non-hydrogen) atoms. The molecule has 2 N–H and O–H groups in total. The van der Waals surface area contributed by atoms with Crippen molar-refractivity contribution in [1.82, 2.24) is 10.3 Å². The van der Waals surface area contributed by atoms with Gasteiger partial charge < -0.3 is 10.6 Å². The van der Waals surface area contributed by atoms with Gasteiger partial charge in [0.05, 0.1) is 10.5 Å². The lowest BCUT2D eigenvalue weighted by atomic mass is 10.1. The Kier molecular flexibility index (Phi) is 4.11. The molecule has 1 fully saturated rings. The Morgan fingerprint density at radius 3 is 2.76 bits per heavy atom. The predicted octanol–water partition coefficient (Wildman–Crippen LogP) is 2.34. The molecule has 1 aromatic rings. The highest BCUT2D eigenvalue weighted by molar-refractivity contribution is 5.99. The highest BCUT2D eigenvalue weighted by atomic mass is 16.6. The molecule has 0 radical (unpaired) electrons. The highest BCUT2D eigenvalue weighted by Gasteiger charge is 2.46. The monoisotopic (exact) mass is 292 g/mol. The van der Waals surface area contributed by atoms with Crippen molar-refractivity contribution < 1.29 is 9.72 Å². The highest BCUT2D eigenvalue weighted by Crippen LogP contribution is 2.44. The maximum atomic E-state index is 12.3. The Bertz CT molecular complexity index is 571. The van der Waals surface area contributed by atoms with Crippen molar-refractivity contribution in [1.29, 1.82) is 0 Å². The van der Waals surface area contributed by atoms with E-state index in [4.69, 9.17) is 0 Å². The predicted molar refractivity (Wildman–Crippen MR) is 79.3 cm³/mol. The summed E-state index contributed by atoms with van der Waals surface area (Å²) in [5, 5.41) is 16.8. The average Bonchev–Trinajstić information content (AvgIpc) is 3.02. The van der Waals surface area contributed by atoms with Gasteiger partial charge in [-0.2, -0.15) is 0 Å². The van der Waals surface area contributed by atoms with Crippen LogP contribution in [0.15, 0.2) is 12.3 Å². The van der Waals surface area contributed by atoms with Crippen molar-refractivity contribution in [2.24, 2.45) is 5.41 Å². The third-order valence-corrected chi connectivity index (χ3v) is 3.69. The van der Waals surface area contributed by atoms with Crippen LogP contribution in [0.5, 0.6) is 0 Å².